The quantitative estimate of drug-likeness (QED) is 0.566. The van der Waals surface area contributed by atoms with Gasteiger partial charge in [-0.2, -0.15) is 0 Å². The van der Waals surface area contributed by atoms with Crippen LogP contribution in [0.2, 0.25) is 0 Å². The highest BCUT2D eigenvalue weighted by Crippen LogP contribution is 2.31. The summed E-state index contributed by atoms with van der Waals surface area (Å²) < 4.78 is 20.5. The number of fused-ring (bicyclic) bond motifs is 3. The maximum atomic E-state index is 10.6. The number of carbonyl (C=O) groups excluding carboxylic acids is 1. The lowest BCUT2D eigenvalue weighted by molar-refractivity contribution is -0.397. The SMILES string of the molecule is CC(=O)OCC12COC(OC1)OC2. The zero-order chi connectivity index (χ0) is 9.31. The van der Waals surface area contributed by atoms with Crippen molar-refractivity contribution < 1.29 is 23.7 Å². The number of hydrogen-bond acceptors (Lipinski definition) is 5. The second-order valence-corrected chi connectivity index (χ2v) is 3.50. The van der Waals surface area contributed by atoms with Crippen molar-refractivity contribution in [2.75, 3.05) is 26.4 Å². The van der Waals surface area contributed by atoms with E-state index in [0.717, 1.165) is 0 Å². The molecule has 74 valence electrons. The molecule has 0 N–H and O–H groups in total. The maximum absolute atomic E-state index is 10.6. The first-order valence-electron chi connectivity index (χ1n) is 4.18. The minimum atomic E-state index is -0.515. The third-order valence-electron chi connectivity index (χ3n) is 2.16. The van der Waals surface area contributed by atoms with Gasteiger partial charge >= 0.3 is 5.97 Å². The van der Waals surface area contributed by atoms with Gasteiger partial charge in [0.2, 0.25) is 0 Å². The second-order valence-electron chi connectivity index (χ2n) is 3.50. The summed E-state index contributed by atoms with van der Waals surface area (Å²) in [7, 11) is 0. The first-order valence-corrected chi connectivity index (χ1v) is 4.18. The van der Waals surface area contributed by atoms with E-state index in [1.165, 1.54) is 6.92 Å². The van der Waals surface area contributed by atoms with E-state index in [0.29, 0.717) is 26.4 Å². The van der Waals surface area contributed by atoms with Gasteiger partial charge in [0.1, 0.15) is 6.61 Å². The van der Waals surface area contributed by atoms with Crippen LogP contribution in [0.25, 0.3) is 0 Å². The van der Waals surface area contributed by atoms with E-state index in [1.54, 1.807) is 0 Å². The molecule has 0 amide bonds. The Morgan fingerprint density at radius 3 is 2.38 bits per heavy atom. The minimum absolute atomic E-state index is 0.290. The first-order chi connectivity index (χ1) is 6.20. The van der Waals surface area contributed by atoms with Crippen molar-refractivity contribution in [2.45, 2.75) is 13.4 Å². The molecule has 3 aliphatic heterocycles. The summed E-state index contributed by atoms with van der Waals surface area (Å²) in [5.41, 5.74) is -0.291. The van der Waals surface area contributed by atoms with Crippen molar-refractivity contribution in [3.8, 4) is 0 Å². The lowest BCUT2D eigenvalue weighted by Gasteiger charge is -2.44. The average Bonchev–Trinajstić information content (AvgIpc) is 2.18. The van der Waals surface area contributed by atoms with Crippen LogP contribution in [0.1, 0.15) is 6.92 Å². The highest BCUT2D eigenvalue weighted by Gasteiger charge is 2.44. The van der Waals surface area contributed by atoms with Crippen LogP contribution in [0.15, 0.2) is 0 Å². The van der Waals surface area contributed by atoms with Crippen molar-refractivity contribution >= 4 is 5.97 Å². The Morgan fingerprint density at radius 2 is 1.92 bits per heavy atom. The first kappa shape index (κ1) is 8.93. The molecule has 3 saturated heterocycles. The normalized spacial score (nSPS) is 37.5. The molecule has 2 bridgehead atoms. The lowest BCUT2D eigenvalue weighted by atomic mass is 9.91. The van der Waals surface area contributed by atoms with Crippen molar-refractivity contribution in [1.29, 1.82) is 0 Å². The Morgan fingerprint density at radius 1 is 1.38 bits per heavy atom. The topological polar surface area (TPSA) is 54.0 Å². The predicted octanol–water partition coefficient (Wildman–Crippen LogP) is -0.104. The number of esters is 1. The molecule has 3 fully saturated rings. The van der Waals surface area contributed by atoms with Crippen LogP contribution in [0.5, 0.6) is 0 Å². The van der Waals surface area contributed by atoms with Crippen LogP contribution in [-0.4, -0.2) is 38.9 Å². The third-order valence-corrected chi connectivity index (χ3v) is 2.16. The van der Waals surface area contributed by atoms with Gasteiger partial charge in [0, 0.05) is 6.92 Å². The fraction of sp³-hybridized carbons (Fsp3) is 0.875. The standard InChI is InChI=1S/C8H12O5/c1-6(9)10-2-8-3-11-7(12-4-8)13-5-8/h7H,2-5H2,1H3. The summed E-state index contributed by atoms with van der Waals surface area (Å²) >= 11 is 0. The molecule has 3 heterocycles. The van der Waals surface area contributed by atoms with E-state index < -0.39 is 6.48 Å². The summed E-state index contributed by atoms with van der Waals surface area (Å²) in [5.74, 6) is -0.290. The van der Waals surface area contributed by atoms with E-state index >= 15 is 0 Å². The monoisotopic (exact) mass is 188 g/mol. The van der Waals surface area contributed by atoms with Crippen LogP contribution in [0.3, 0.4) is 0 Å². The van der Waals surface area contributed by atoms with Gasteiger partial charge in [0.15, 0.2) is 0 Å². The van der Waals surface area contributed by atoms with Crippen molar-refractivity contribution in [2.24, 2.45) is 5.41 Å². The molecule has 3 aliphatic rings. The Kier molecular flexibility index (Phi) is 2.23. The minimum Gasteiger partial charge on any atom is -0.465 e. The Balaban J connectivity index is 1.91. The lowest BCUT2D eigenvalue weighted by Crippen LogP contribution is -2.54. The Hall–Kier alpha value is -0.650. The fourth-order valence-corrected chi connectivity index (χ4v) is 1.38. The highest BCUT2D eigenvalue weighted by molar-refractivity contribution is 5.65. The predicted molar refractivity (Wildman–Crippen MR) is 40.7 cm³/mol. The Labute approximate surface area is 75.9 Å². The second kappa shape index (κ2) is 3.25. The van der Waals surface area contributed by atoms with Crippen molar-refractivity contribution in [3.63, 3.8) is 0 Å². The fourth-order valence-electron chi connectivity index (χ4n) is 1.38. The van der Waals surface area contributed by atoms with Gasteiger partial charge in [0.05, 0.1) is 25.2 Å². The van der Waals surface area contributed by atoms with Gasteiger partial charge in [-0.3, -0.25) is 4.79 Å². The number of hydrogen-bond donors (Lipinski definition) is 0. The number of ether oxygens (including phenoxy) is 4. The van der Waals surface area contributed by atoms with Crippen LogP contribution < -0.4 is 0 Å². The van der Waals surface area contributed by atoms with Crippen LogP contribution in [-0.2, 0) is 23.7 Å². The van der Waals surface area contributed by atoms with E-state index in [9.17, 15) is 4.79 Å². The van der Waals surface area contributed by atoms with Crippen LogP contribution >= 0.6 is 0 Å². The molecule has 0 radical (unpaired) electrons. The summed E-state index contributed by atoms with van der Waals surface area (Å²) in [6.45, 7) is 2.77. The molecule has 0 spiro atoms. The summed E-state index contributed by atoms with van der Waals surface area (Å²) in [5, 5.41) is 0. The number of rotatable bonds is 2. The molecule has 5 heteroatoms. The molecule has 3 rings (SSSR count). The van der Waals surface area contributed by atoms with Gasteiger partial charge in [-0.05, 0) is 0 Å². The van der Waals surface area contributed by atoms with Gasteiger partial charge in [-0.1, -0.05) is 0 Å². The zero-order valence-electron chi connectivity index (χ0n) is 7.45. The van der Waals surface area contributed by atoms with E-state index in [-0.39, 0.29) is 11.4 Å². The highest BCUT2D eigenvalue weighted by atomic mass is 16.9. The average molecular weight is 188 g/mol. The van der Waals surface area contributed by atoms with Crippen LogP contribution in [0, 0.1) is 5.41 Å². The van der Waals surface area contributed by atoms with Gasteiger partial charge < -0.3 is 18.9 Å². The molecule has 0 saturated carbocycles. The smallest absolute Gasteiger partial charge is 0.302 e. The summed E-state index contributed by atoms with van der Waals surface area (Å²) in [6, 6.07) is 0. The number of carbonyl (C=O) groups is 1. The molecule has 0 aromatic carbocycles. The maximum Gasteiger partial charge on any atom is 0.302 e. The Bertz CT molecular complexity index is 193. The largest absolute Gasteiger partial charge is 0.465 e. The molecular formula is C8H12O5. The summed E-state index contributed by atoms with van der Waals surface area (Å²) in [4.78, 5) is 10.6. The molecular weight excluding hydrogens is 176 g/mol. The van der Waals surface area contributed by atoms with Gasteiger partial charge in [0.25, 0.3) is 6.48 Å². The third kappa shape index (κ3) is 1.82. The van der Waals surface area contributed by atoms with E-state index in [2.05, 4.69) is 0 Å². The van der Waals surface area contributed by atoms with E-state index in [1.807, 2.05) is 0 Å². The summed E-state index contributed by atoms with van der Waals surface area (Å²) in [6.07, 6.45) is 0. The molecule has 5 nitrogen and oxygen atoms in total. The van der Waals surface area contributed by atoms with Crippen molar-refractivity contribution in [1.82, 2.24) is 0 Å². The molecule has 0 aromatic heterocycles. The molecule has 0 unspecified atom stereocenters. The molecule has 0 atom stereocenters. The van der Waals surface area contributed by atoms with Crippen LogP contribution in [0.4, 0.5) is 0 Å². The molecule has 0 aliphatic carbocycles. The molecule has 13 heavy (non-hydrogen) atoms. The van der Waals surface area contributed by atoms with Gasteiger partial charge in [-0.25, -0.2) is 0 Å². The van der Waals surface area contributed by atoms with Crippen molar-refractivity contribution in [3.05, 3.63) is 0 Å². The van der Waals surface area contributed by atoms with E-state index in [4.69, 9.17) is 18.9 Å². The molecule has 0 aromatic rings. The van der Waals surface area contributed by atoms with Gasteiger partial charge in [-0.15, -0.1) is 0 Å². The zero-order valence-corrected chi connectivity index (χ0v) is 7.45.